The lowest BCUT2D eigenvalue weighted by molar-refractivity contribution is -0.115. The molecule has 0 fully saturated rings. The fourth-order valence-corrected chi connectivity index (χ4v) is 2.81. The Hall–Kier alpha value is -3.74. The van der Waals surface area contributed by atoms with Crippen molar-refractivity contribution in [1.29, 1.82) is 0 Å². The highest BCUT2D eigenvalue weighted by Crippen LogP contribution is 2.18. The summed E-state index contributed by atoms with van der Waals surface area (Å²) in [6.45, 7) is 1.95. The van der Waals surface area contributed by atoms with Gasteiger partial charge in [-0.2, -0.15) is 4.98 Å². The topological polar surface area (TPSA) is 90.1 Å². The average Bonchev–Trinajstić information content (AvgIpc) is 3.12. The molecule has 1 amide bonds. The fourth-order valence-electron chi connectivity index (χ4n) is 2.81. The van der Waals surface area contributed by atoms with E-state index in [2.05, 4.69) is 20.4 Å². The van der Waals surface area contributed by atoms with Crippen LogP contribution in [0.2, 0.25) is 0 Å². The van der Waals surface area contributed by atoms with Crippen LogP contribution in [0, 0.1) is 6.92 Å². The maximum absolute atomic E-state index is 12.3. The number of fused-ring (bicyclic) bond motifs is 1. The van der Waals surface area contributed by atoms with Crippen LogP contribution in [0.15, 0.2) is 65.3 Å². The molecule has 2 aromatic carbocycles. The molecule has 0 radical (unpaired) electrons. The van der Waals surface area contributed by atoms with Crippen molar-refractivity contribution in [2.45, 2.75) is 20.0 Å². The molecule has 7 heteroatoms. The minimum atomic E-state index is -0.0841. The van der Waals surface area contributed by atoms with E-state index in [1.807, 2.05) is 30.3 Å². The highest BCUT2D eigenvalue weighted by Gasteiger charge is 2.07. The third-order valence-electron chi connectivity index (χ3n) is 4.11. The van der Waals surface area contributed by atoms with Crippen molar-refractivity contribution in [1.82, 2.24) is 15.1 Å². The number of benzene rings is 2. The number of carbonyl (C=O) groups is 1. The Morgan fingerprint density at radius 3 is 2.79 bits per heavy atom. The van der Waals surface area contributed by atoms with Crippen LogP contribution in [-0.2, 0) is 17.8 Å². The fraction of sp³-hybridized carbons (Fsp3) is 0.143. The summed E-state index contributed by atoms with van der Waals surface area (Å²) in [5, 5.41) is 7.69. The number of anilines is 1. The minimum absolute atomic E-state index is 0.0841. The number of nitrogens with one attached hydrogen (secondary N) is 1. The number of hydrogen-bond donors (Lipinski definition) is 1. The normalized spacial score (nSPS) is 10.8. The average molecular weight is 374 g/mol. The Morgan fingerprint density at radius 2 is 2.00 bits per heavy atom. The van der Waals surface area contributed by atoms with Crippen molar-refractivity contribution in [2.24, 2.45) is 0 Å². The number of nitrogens with zero attached hydrogens (tertiary/aromatic N) is 3. The Bertz CT molecular complexity index is 1110. The van der Waals surface area contributed by atoms with E-state index in [1.54, 1.807) is 37.4 Å². The number of rotatable bonds is 6. The van der Waals surface area contributed by atoms with E-state index < -0.39 is 0 Å². The Kier molecular flexibility index (Phi) is 4.97. The summed E-state index contributed by atoms with van der Waals surface area (Å²) >= 11 is 0. The van der Waals surface area contributed by atoms with Crippen LogP contribution in [-0.4, -0.2) is 21.0 Å². The van der Waals surface area contributed by atoms with Crippen LogP contribution in [0.5, 0.6) is 5.75 Å². The summed E-state index contributed by atoms with van der Waals surface area (Å²) in [5.74, 6) is 1.56. The zero-order valence-electron chi connectivity index (χ0n) is 15.3. The molecule has 0 bridgehead atoms. The van der Waals surface area contributed by atoms with Crippen LogP contribution >= 0.6 is 0 Å². The molecule has 2 heterocycles. The first-order valence-electron chi connectivity index (χ1n) is 8.81. The first kappa shape index (κ1) is 17.7. The van der Waals surface area contributed by atoms with Gasteiger partial charge in [-0.25, -0.2) is 0 Å². The molecule has 0 aliphatic rings. The summed E-state index contributed by atoms with van der Waals surface area (Å²) in [6, 6.07) is 16.8. The Morgan fingerprint density at radius 1 is 1.14 bits per heavy atom. The lowest BCUT2D eigenvalue weighted by Gasteiger charge is -2.08. The van der Waals surface area contributed by atoms with E-state index in [0.29, 0.717) is 29.6 Å². The van der Waals surface area contributed by atoms with Gasteiger partial charge in [-0.1, -0.05) is 17.3 Å². The molecule has 0 aliphatic carbocycles. The number of hydrogen-bond acceptors (Lipinski definition) is 6. The first-order chi connectivity index (χ1) is 13.7. The predicted molar refractivity (Wildman–Crippen MR) is 104 cm³/mol. The second kappa shape index (κ2) is 7.87. The van der Waals surface area contributed by atoms with Crippen LogP contribution < -0.4 is 10.1 Å². The lowest BCUT2D eigenvalue weighted by atomic mass is 10.1. The molecule has 4 rings (SSSR count). The first-order valence-corrected chi connectivity index (χ1v) is 8.81. The SMILES string of the molecule is Cc1nc(COc2ccc(NC(=O)Cc3ccc4ncccc4c3)cc2)no1. The number of aromatic nitrogens is 3. The second-order valence-corrected chi connectivity index (χ2v) is 6.30. The highest BCUT2D eigenvalue weighted by molar-refractivity contribution is 5.93. The molecule has 7 nitrogen and oxygen atoms in total. The minimum Gasteiger partial charge on any atom is -0.485 e. The van der Waals surface area contributed by atoms with E-state index in [9.17, 15) is 4.79 Å². The van der Waals surface area contributed by atoms with Crippen molar-refractivity contribution in [3.05, 3.63) is 78.1 Å². The van der Waals surface area contributed by atoms with Gasteiger partial charge in [-0.3, -0.25) is 9.78 Å². The van der Waals surface area contributed by atoms with Gasteiger partial charge in [0.15, 0.2) is 6.61 Å². The molecular weight excluding hydrogens is 356 g/mol. The molecule has 0 saturated carbocycles. The van der Waals surface area contributed by atoms with Gasteiger partial charge in [0.25, 0.3) is 0 Å². The smallest absolute Gasteiger partial charge is 0.228 e. The predicted octanol–water partition coefficient (Wildman–Crippen LogP) is 3.69. The van der Waals surface area contributed by atoms with Crippen LogP contribution in [0.1, 0.15) is 17.3 Å². The summed E-state index contributed by atoms with van der Waals surface area (Å²) in [5.41, 5.74) is 2.56. The molecule has 28 heavy (non-hydrogen) atoms. The number of amides is 1. The van der Waals surface area contributed by atoms with E-state index in [4.69, 9.17) is 9.26 Å². The van der Waals surface area contributed by atoms with Crippen molar-refractivity contribution in [3.8, 4) is 5.75 Å². The third-order valence-corrected chi connectivity index (χ3v) is 4.11. The van der Waals surface area contributed by atoms with Crippen LogP contribution in [0.25, 0.3) is 10.9 Å². The number of pyridine rings is 1. The molecule has 0 spiro atoms. The van der Waals surface area contributed by atoms with Gasteiger partial charge in [-0.05, 0) is 48.0 Å². The lowest BCUT2D eigenvalue weighted by Crippen LogP contribution is -2.14. The van der Waals surface area contributed by atoms with Gasteiger partial charge in [-0.15, -0.1) is 0 Å². The van der Waals surface area contributed by atoms with Crippen molar-refractivity contribution >= 4 is 22.5 Å². The van der Waals surface area contributed by atoms with E-state index in [1.165, 1.54) is 0 Å². The molecule has 0 saturated heterocycles. The third kappa shape index (κ3) is 4.32. The van der Waals surface area contributed by atoms with Gasteiger partial charge >= 0.3 is 0 Å². The summed E-state index contributed by atoms with van der Waals surface area (Å²) in [7, 11) is 0. The summed E-state index contributed by atoms with van der Waals surface area (Å²) in [6.07, 6.45) is 2.05. The van der Waals surface area contributed by atoms with Gasteiger partial charge < -0.3 is 14.6 Å². The largest absolute Gasteiger partial charge is 0.485 e. The van der Waals surface area contributed by atoms with Gasteiger partial charge in [0.1, 0.15) is 5.75 Å². The zero-order chi connectivity index (χ0) is 19.3. The van der Waals surface area contributed by atoms with Crippen LogP contribution in [0.4, 0.5) is 5.69 Å². The highest BCUT2D eigenvalue weighted by atomic mass is 16.5. The summed E-state index contributed by atoms with van der Waals surface area (Å²) < 4.78 is 10.5. The molecule has 1 N–H and O–H groups in total. The van der Waals surface area contributed by atoms with Crippen molar-refractivity contribution in [3.63, 3.8) is 0 Å². The standard InChI is InChI=1S/C21H18N4O3/c1-14-23-20(25-28-14)13-27-18-7-5-17(6-8-18)24-21(26)12-15-4-9-19-16(11-15)3-2-10-22-19/h2-11H,12-13H2,1H3,(H,24,26). The Balaban J connectivity index is 1.33. The second-order valence-electron chi connectivity index (χ2n) is 6.30. The Labute approximate surface area is 161 Å². The molecule has 4 aromatic rings. The molecule has 0 aliphatic heterocycles. The van der Waals surface area contributed by atoms with Crippen LogP contribution in [0.3, 0.4) is 0 Å². The van der Waals surface area contributed by atoms with Crippen molar-refractivity contribution in [2.75, 3.05) is 5.32 Å². The number of ether oxygens (including phenoxy) is 1. The number of carbonyl (C=O) groups excluding carboxylic acids is 1. The van der Waals surface area contributed by atoms with Gasteiger partial charge in [0.05, 0.1) is 11.9 Å². The molecule has 0 unspecified atom stereocenters. The molecule has 140 valence electrons. The van der Waals surface area contributed by atoms with Gasteiger partial charge in [0, 0.05) is 24.2 Å². The monoisotopic (exact) mass is 374 g/mol. The zero-order valence-corrected chi connectivity index (χ0v) is 15.3. The van der Waals surface area contributed by atoms with Gasteiger partial charge in [0.2, 0.25) is 17.6 Å². The maximum Gasteiger partial charge on any atom is 0.228 e. The van der Waals surface area contributed by atoms with E-state index in [-0.39, 0.29) is 12.5 Å². The quantitative estimate of drug-likeness (QED) is 0.554. The molecule has 0 atom stereocenters. The van der Waals surface area contributed by atoms with Crippen molar-refractivity contribution < 1.29 is 14.1 Å². The maximum atomic E-state index is 12.3. The molecular formula is C21H18N4O3. The van der Waals surface area contributed by atoms with E-state index >= 15 is 0 Å². The number of aryl methyl sites for hydroxylation is 1. The molecule has 2 aromatic heterocycles. The summed E-state index contributed by atoms with van der Waals surface area (Å²) in [4.78, 5) is 20.7. The van der Waals surface area contributed by atoms with E-state index in [0.717, 1.165) is 16.5 Å².